The Balaban J connectivity index is 2.15. The third-order valence-corrected chi connectivity index (χ3v) is 11.5. The van der Waals surface area contributed by atoms with E-state index in [0.29, 0.717) is 0 Å². The molecule has 1 atom stereocenters. The van der Waals surface area contributed by atoms with Crippen molar-refractivity contribution in [2.45, 2.75) is 12.6 Å². The molecule has 1 N–H and O–H groups in total. The van der Waals surface area contributed by atoms with Crippen LogP contribution in [0.5, 0.6) is 0 Å². The molecule has 0 aromatic heterocycles. The van der Waals surface area contributed by atoms with Crippen LogP contribution in [0.4, 0.5) is 0 Å². The van der Waals surface area contributed by atoms with Crippen LogP contribution in [0.1, 0.15) is 27.6 Å². The van der Waals surface area contributed by atoms with Crippen molar-refractivity contribution in [1.82, 2.24) is 0 Å². The molecule has 8 heteroatoms. The summed E-state index contributed by atoms with van der Waals surface area (Å²) in [5.41, 5.74) is -1.95. The lowest BCUT2D eigenvalue weighted by atomic mass is 10.0. The molecule has 0 saturated heterocycles. The minimum absolute atomic E-state index is 0.00527. The van der Waals surface area contributed by atoms with Crippen LogP contribution in [0.3, 0.4) is 0 Å². The number of Topliss-reactive ketones (excluding diaryl/α,β-unsaturated/α-hetero) is 1. The predicted molar refractivity (Wildman–Crippen MR) is 153 cm³/mol. The van der Waals surface area contributed by atoms with Crippen LogP contribution in [-0.4, -0.2) is 35.1 Å². The molecular weight excluding hydrogens is 542 g/mol. The SMILES string of the molecule is CCOC(=O)C(C(=O)c1cc(Cl)c(Cl)cc1C(=O)O)[P+](c1ccccc1)(c1ccccc1)c1ccccc1. The zero-order valence-corrected chi connectivity index (χ0v) is 22.8. The van der Waals surface area contributed by atoms with Crippen molar-refractivity contribution in [3.05, 3.63) is 124 Å². The molecule has 0 aliphatic rings. The summed E-state index contributed by atoms with van der Waals surface area (Å²) in [5.74, 6) is -2.81. The van der Waals surface area contributed by atoms with Gasteiger partial charge in [0, 0.05) is 5.56 Å². The third-order valence-electron chi connectivity index (χ3n) is 6.19. The number of hydrogen-bond donors (Lipinski definition) is 1. The molecule has 192 valence electrons. The Morgan fingerprint density at radius 1 is 0.737 bits per heavy atom. The first-order chi connectivity index (χ1) is 18.3. The van der Waals surface area contributed by atoms with Gasteiger partial charge < -0.3 is 9.84 Å². The molecule has 5 nitrogen and oxygen atoms in total. The maximum Gasteiger partial charge on any atom is 0.356 e. The smallest absolute Gasteiger partial charge is 0.356 e. The summed E-state index contributed by atoms with van der Waals surface area (Å²) < 4.78 is 5.53. The Bertz CT molecular complexity index is 1360. The number of esters is 1. The second-order valence-corrected chi connectivity index (χ2v) is 12.7. The van der Waals surface area contributed by atoms with E-state index in [2.05, 4.69) is 0 Å². The molecule has 0 fully saturated rings. The first-order valence-electron chi connectivity index (χ1n) is 11.8. The quantitative estimate of drug-likeness (QED) is 0.120. The number of carboxylic acid groups (broad SMARTS) is 1. The summed E-state index contributed by atoms with van der Waals surface area (Å²) in [7, 11) is -3.14. The zero-order valence-electron chi connectivity index (χ0n) is 20.4. The Hall–Kier alpha value is -3.50. The van der Waals surface area contributed by atoms with Crippen LogP contribution in [0.2, 0.25) is 10.0 Å². The average Bonchev–Trinajstić information content (AvgIpc) is 2.94. The molecule has 4 aromatic rings. The Morgan fingerprint density at radius 3 is 1.50 bits per heavy atom. The van der Waals surface area contributed by atoms with Crippen molar-refractivity contribution < 1.29 is 24.2 Å². The van der Waals surface area contributed by atoms with Crippen molar-refractivity contribution in [3.63, 3.8) is 0 Å². The number of halogens is 2. The van der Waals surface area contributed by atoms with E-state index >= 15 is 0 Å². The molecule has 0 spiro atoms. The number of ether oxygens (including phenoxy) is 1. The van der Waals surface area contributed by atoms with E-state index in [1.807, 2.05) is 91.0 Å². The van der Waals surface area contributed by atoms with E-state index in [9.17, 15) is 19.5 Å². The molecule has 0 aliphatic heterocycles. The fourth-order valence-electron chi connectivity index (χ4n) is 4.62. The van der Waals surface area contributed by atoms with E-state index in [-0.39, 0.29) is 27.8 Å². The number of rotatable bonds is 9. The van der Waals surface area contributed by atoms with Crippen molar-refractivity contribution in [2.75, 3.05) is 6.61 Å². The van der Waals surface area contributed by atoms with Gasteiger partial charge in [-0.3, -0.25) is 4.79 Å². The van der Waals surface area contributed by atoms with E-state index in [4.69, 9.17) is 27.9 Å². The van der Waals surface area contributed by atoms with Crippen LogP contribution in [-0.2, 0) is 9.53 Å². The molecule has 0 radical (unpaired) electrons. The molecular formula is C30H24Cl2O5P+. The van der Waals surface area contributed by atoms with Crippen molar-refractivity contribution in [2.24, 2.45) is 0 Å². The number of carbonyl (C=O) groups is 3. The second kappa shape index (κ2) is 11.9. The van der Waals surface area contributed by atoms with Gasteiger partial charge >= 0.3 is 11.9 Å². The topological polar surface area (TPSA) is 80.7 Å². The van der Waals surface area contributed by atoms with E-state index in [0.717, 1.165) is 22.0 Å². The third kappa shape index (κ3) is 5.10. The van der Waals surface area contributed by atoms with Gasteiger partial charge in [0.05, 0.1) is 22.2 Å². The Kier molecular flexibility index (Phi) is 8.63. The lowest BCUT2D eigenvalue weighted by molar-refractivity contribution is -0.141. The predicted octanol–water partition coefficient (Wildman–Crippen LogP) is 5.80. The van der Waals surface area contributed by atoms with Gasteiger partial charge in [-0.2, -0.15) is 0 Å². The van der Waals surface area contributed by atoms with Gasteiger partial charge in [0.15, 0.2) is 0 Å². The highest BCUT2D eigenvalue weighted by Gasteiger charge is 2.60. The maximum atomic E-state index is 14.6. The maximum absolute atomic E-state index is 14.6. The second-order valence-electron chi connectivity index (χ2n) is 8.37. The van der Waals surface area contributed by atoms with Gasteiger partial charge in [-0.05, 0) is 55.5 Å². The molecule has 4 rings (SSSR count). The molecule has 0 aliphatic carbocycles. The fraction of sp³-hybridized carbons (Fsp3) is 0.100. The summed E-state index contributed by atoms with van der Waals surface area (Å²) in [5, 5.41) is 12.2. The zero-order chi connectivity index (χ0) is 27.3. The Labute approximate surface area is 231 Å². The van der Waals surface area contributed by atoms with Crippen LogP contribution in [0, 0.1) is 0 Å². The number of carbonyl (C=O) groups excluding carboxylic acids is 2. The summed E-state index contributed by atoms with van der Waals surface area (Å²) in [6.07, 6.45) is 0. The van der Waals surface area contributed by atoms with E-state index in [1.54, 1.807) is 6.92 Å². The van der Waals surface area contributed by atoms with Gasteiger partial charge in [0.25, 0.3) is 0 Å². The number of carboxylic acids is 1. The largest absolute Gasteiger partial charge is 0.478 e. The minimum Gasteiger partial charge on any atom is -0.478 e. The average molecular weight is 566 g/mol. The molecule has 0 amide bonds. The first-order valence-corrected chi connectivity index (χ1v) is 14.4. The van der Waals surface area contributed by atoms with Crippen LogP contribution >= 0.6 is 30.5 Å². The minimum atomic E-state index is -3.14. The highest BCUT2D eigenvalue weighted by molar-refractivity contribution is 7.97. The molecule has 0 heterocycles. The van der Waals surface area contributed by atoms with Crippen molar-refractivity contribution in [1.29, 1.82) is 0 Å². The Morgan fingerprint density at radius 2 is 1.13 bits per heavy atom. The standard InChI is InChI=1S/C30H23Cl2O5P/c1-2-37-30(36)28(27(33)23-18-25(31)26(32)19-24(23)29(34)35)38(20-12-6-3-7-13-20,21-14-8-4-9-15-21)22-16-10-5-11-17-22/h3-19,28H,2H2,1H3/p+1. The van der Waals surface area contributed by atoms with Crippen LogP contribution < -0.4 is 15.9 Å². The highest BCUT2D eigenvalue weighted by atomic mass is 35.5. The van der Waals surface area contributed by atoms with Gasteiger partial charge in [-0.1, -0.05) is 77.8 Å². The number of aromatic carboxylic acids is 1. The van der Waals surface area contributed by atoms with Crippen molar-refractivity contribution >= 4 is 64.1 Å². The van der Waals surface area contributed by atoms with Crippen LogP contribution in [0.15, 0.2) is 103 Å². The van der Waals surface area contributed by atoms with E-state index in [1.165, 1.54) is 6.07 Å². The highest BCUT2D eigenvalue weighted by Crippen LogP contribution is 2.61. The monoisotopic (exact) mass is 565 g/mol. The summed E-state index contributed by atoms with van der Waals surface area (Å²) >= 11 is 12.4. The van der Waals surface area contributed by atoms with Crippen molar-refractivity contribution in [3.8, 4) is 0 Å². The van der Waals surface area contributed by atoms with Gasteiger partial charge in [0.2, 0.25) is 11.4 Å². The molecule has 38 heavy (non-hydrogen) atoms. The molecule has 1 unspecified atom stereocenters. The number of hydrogen-bond acceptors (Lipinski definition) is 4. The van der Waals surface area contributed by atoms with Gasteiger partial charge in [-0.15, -0.1) is 0 Å². The summed E-state index contributed by atoms with van der Waals surface area (Å²) in [6, 6.07) is 30.4. The summed E-state index contributed by atoms with van der Waals surface area (Å²) in [4.78, 5) is 40.7. The van der Waals surface area contributed by atoms with E-state index < -0.39 is 30.6 Å². The normalized spacial score (nSPS) is 12.0. The fourth-order valence-corrected chi connectivity index (χ4v) is 9.55. The number of benzene rings is 4. The number of ketones is 1. The molecule has 0 saturated carbocycles. The van der Waals surface area contributed by atoms with Gasteiger partial charge in [-0.25, -0.2) is 9.59 Å². The van der Waals surface area contributed by atoms with Gasteiger partial charge in [0.1, 0.15) is 23.2 Å². The lowest BCUT2D eigenvalue weighted by Crippen LogP contribution is -2.47. The summed E-state index contributed by atoms with van der Waals surface area (Å²) in [6.45, 7) is 1.70. The first kappa shape index (κ1) is 27.5. The lowest BCUT2D eigenvalue weighted by Gasteiger charge is -2.32. The molecule has 0 bridgehead atoms. The van der Waals surface area contributed by atoms with Crippen LogP contribution in [0.25, 0.3) is 0 Å². The molecule has 4 aromatic carbocycles.